The molecular weight excluding hydrogens is 788 g/mol. The van der Waals surface area contributed by atoms with Crippen LogP contribution in [-0.2, 0) is 53.8 Å². The van der Waals surface area contributed by atoms with Gasteiger partial charge in [-0.1, -0.05) is 0 Å². The summed E-state index contributed by atoms with van der Waals surface area (Å²) in [4.78, 5) is 36.8. The molecule has 10 nitrogen and oxygen atoms in total. The van der Waals surface area contributed by atoms with Crippen LogP contribution in [0.4, 0.5) is 0 Å². The number of hydrogen-bond donors (Lipinski definition) is 4. The van der Waals surface area contributed by atoms with E-state index in [0.717, 1.165) is 24.4 Å². The summed E-state index contributed by atoms with van der Waals surface area (Å²) in [5.74, 6) is -0.830. The van der Waals surface area contributed by atoms with Crippen LogP contribution in [0.5, 0.6) is 0 Å². The van der Waals surface area contributed by atoms with Crippen LogP contribution in [0.2, 0.25) is 0 Å². The van der Waals surface area contributed by atoms with Crippen molar-refractivity contribution in [3.05, 3.63) is 63.7 Å². The minimum Gasteiger partial charge on any atom is -0.469 e. The molecule has 0 saturated carbocycles. The molecule has 0 spiro atoms. The molecule has 3 aromatic rings. The Morgan fingerprint density at radius 2 is 1.33 bits per heavy atom. The van der Waals surface area contributed by atoms with E-state index in [-0.39, 0.29) is 30.4 Å². The van der Waals surface area contributed by atoms with Crippen LogP contribution in [-0.4, -0.2) is 47.0 Å². The molecule has 0 bridgehead atoms. The standard InChI is InChI=1S/C15H22BrNO4S2.C14H20BrN3O2S2.5H2/c1-14(2,3)23(20)17-15(4,12-6-10(16)9-22-12)8-11(18)7-13(19)21-5;1-13(2,3)22(20)18-14(4,11-5-9(15)8-21-11)7-10-6-12(19)17-16-10;;;;;/h6,9,17H,7-8H2,1-5H3;5-6,8,18H,7H2,1-4H3,(H2,16,17,19);5*1H/t15-,23?;14-,22?;;;;;/m00...../s1/i;;4*1+1D;1+1. The number of ether oxygens (including phenoxy) is 1. The predicted molar refractivity (Wildman–Crippen MR) is 203 cm³/mol. The van der Waals surface area contributed by atoms with Gasteiger partial charge in [-0.05, 0) is 99.4 Å². The van der Waals surface area contributed by atoms with Crippen LogP contribution < -0.4 is 15.0 Å². The number of thiophene rings is 2. The van der Waals surface area contributed by atoms with Crippen LogP contribution in [0.15, 0.2) is 42.7 Å². The molecule has 3 heterocycles. The Bertz CT molecular complexity index is 1600. The molecule has 0 aliphatic rings. The summed E-state index contributed by atoms with van der Waals surface area (Å²) >= 11 is 9.91. The van der Waals surface area contributed by atoms with E-state index in [1.807, 2.05) is 78.3 Å². The Hall–Kier alpha value is -1.27. The second kappa shape index (κ2) is 16.2. The van der Waals surface area contributed by atoms with Gasteiger partial charge in [0.05, 0.1) is 49.7 Å². The van der Waals surface area contributed by atoms with Crippen molar-refractivity contribution in [1.29, 1.82) is 0 Å². The van der Waals surface area contributed by atoms with Crippen LogP contribution in [0.25, 0.3) is 0 Å². The second-order valence-corrected chi connectivity index (χ2v) is 20.4. The quantitative estimate of drug-likeness (QED) is 0.109. The van der Waals surface area contributed by atoms with E-state index < -0.39 is 43.8 Å². The van der Waals surface area contributed by atoms with Gasteiger partial charge >= 0.3 is 5.97 Å². The summed E-state index contributed by atoms with van der Waals surface area (Å²) < 4.78 is 77.0. The fourth-order valence-corrected chi connectivity index (χ4v) is 8.82. The maximum Gasteiger partial charge on any atom is 0.313 e. The highest BCUT2D eigenvalue weighted by atomic mass is 79.9. The topological polar surface area (TPSA) is 150 Å². The fraction of sp³-hybridized carbons (Fsp3) is 0.552. The number of halogens is 2. The fourth-order valence-electron chi connectivity index (χ4n) is 3.81. The molecule has 2 unspecified atom stereocenters. The third-order valence-corrected chi connectivity index (χ3v) is 13.7. The normalized spacial score (nSPS) is 16.8. The van der Waals surface area contributed by atoms with E-state index in [4.69, 9.17) is 11.9 Å². The van der Waals surface area contributed by atoms with Crippen molar-refractivity contribution in [1.82, 2.24) is 19.6 Å². The van der Waals surface area contributed by atoms with Crippen molar-refractivity contribution >= 4 is 88.3 Å². The van der Waals surface area contributed by atoms with Crippen LogP contribution in [0.1, 0.15) is 97.0 Å². The van der Waals surface area contributed by atoms with Crippen molar-refractivity contribution in [3.8, 4) is 0 Å². The lowest BCUT2D eigenvalue weighted by Crippen LogP contribution is -2.47. The van der Waals surface area contributed by atoms with Crippen molar-refractivity contribution in [2.24, 2.45) is 0 Å². The number of hydrogen-bond acceptors (Lipinski definition) is 8. The van der Waals surface area contributed by atoms with Crippen LogP contribution >= 0.6 is 54.5 Å². The van der Waals surface area contributed by atoms with Gasteiger partial charge < -0.3 is 9.84 Å². The van der Waals surface area contributed by atoms with Gasteiger partial charge in [0.1, 0.15) is 12.2 Å². The average Bonchev–Trinajstić information content (AvgIpc) is 3.85. The first kappa shape index (κ1) is 33.6. The van der Waals surface area contributed by atoms with E-state index in [1.54, 1.807) is 11.3 Å². The van der Waals surface area contributed by atoms with Crippen molar-refractivity contribution in [3.63, 3.8) is 0 Å². The molecule has 0 radical (unpaired) electrons. The lowest BCUT2D eigenvalue weighted by Gasteiger charge is -2.32. The Balaban J connectivity index is -0.000000384. The monoisotopic (exact) mass is 847 g/mol. The Labute approximate surface area is 308 Å². The van der Waals surface area contributed by atoms with Gasteiger partial charge in [-0.2, -0.15) is 0 Å². The number of H-pyrrole nitrogens is 2. The van der Waals surface area contributed by atoms with Gasteiger partial charge in [-0.3, -0.25) is 19.5 Å². The molecule has 4 atom stereocenters. The number of aromatic amines is 2. The summed E-state index contributed by atoms with van der Waals surface area (Å²) in [5.41, 5.74) is -0.753. The molecule has 0 saturated heterocycles. The zero-order chi connectivity index (χ0) is 42.4. The maximum atomic E-state index is 12.6. The molecule has 4 N–H and O–H groups in total. The SMILES string of the molecule is CC(C)(C)S(=O)N[C@@](C)(Cc1cc(=O)[nH][nH]1)c1cc(Br)cs1.COC(=O)CC(=O)C[C@](C)(NS(=O)C(C)(C)C)c1cc(Br)cs1.[2HH].[2H][2H].[2H][2H].[2H][2H].[2H][2H]. The van der Waals surface area contributed by atoms with Gasteiger partial charge in [0.2, 0.25) is 0 Å². The Kier molecular flexibility index (Phi) is 12.1. The second-order valence-electron chi connectivity index (χ2n) is 12.8. The third kappa shape index (κ3) is 12.4. The average molecular weight is 850 g/mol. The zero-order valence-corrected chi connectivity index (χ0v) is 33.3. The smallest absolute Gasteiger partial charge is 0.313 e. The Morgan fingerprint density at radius 3 is 1.71 bits per heavy atom. The molecule has 16 heteroatoms. The van der Waals surface area contributed by atoms with E-state index in [2.05, 4.69) is 56.2 Å². The molecule has 0 fully saturated rings. The number of Topliss-reactive ketones (excluding diaryl/α,β-unsaturated/α-hetero) is 1. The minimum atomic E-state index is -1.36. The number of carbonyl (C=O) groups is 2. The summed E-state index contributed by atoms with van der Waals surface area (Å²) in [5, 5.41) is 9.31. The number of methoxy groups -OCH3 is 1. The third-order valence-electron chi connectivity index (χ3n) is 6.29. The number of rotatable bonds is 12. The number of nitrogens with one attached hydrogen (secondary N) is 4. The van der Waals surface area contributed by atoms with Gasteiger partial charge in [0, 0.05) is 67.4 Å². The van der Waals surface area contributed by atoms with Gasteiger partial charge in [-0.15, -0.1) is 22.7 Å². The molecule has 0 amide bonds. The molecule has 3 rings (SSSR count). The Morgan fingerprint density at radius 1 is 0.867 bits per heavy atom. The van der Waals surface area contributed by atoms with Gasteiger partial charge in [0.15, 0.2) is 0 Å². The van der Waals surface area contributed by atoms with Gasteiger partial charge in [0.25, 0.3) is 5.56 Å². The first-order chi connectivity index (χ1) is 24.6. The lowest BCUT2D eigenvalue weighted by atomic mass is 9.93. The van der Waals surface area contributed by atoms with Crippen molar-refractivity contribution < 1.29 is 36.0 Å². The van der Waals surface area contributed by atoms with E-state index in [9.17, 15) is 22.8 Å². The van der Waals surface area contributed by atoms with Gasteiger partial charge in [-0.25, -0.2) is 17.9 Å². The van der Waals surface area contributed by atoms with E-state index >= 15 is 0 Å². The summed E-state index contributed by atoms with van der Waals surface area (Å²) in [6, 6.07) is 5.44. The number of ketones is 1. The molecule has 3 aromatic heterocycles. The number of carbonyl (C=O) groups excluding carboxylic acids is 2. The molecule has 0 aliphatic heterocycles. The predicted octanol–water partition coefficient (Wildman–Crippen LogP) is 7.57. The summed E-state index contributed by atoms with van der Waals surface area (Å²) in [6.07, 6.45) is 0.292. The highest BCUT2D eigenvalue weighted by molar-refractivity contribution is 9.10. The van der Waals surface area contributed by atoms with Crippen molar-refractivity contribution in [2.75, 3.05) is 7.11 Å². The summed E-state index contributed by atoms with van der Waals surface area (Å²) in [7, 11) is -1.33. The summed E-state index contributed by atoms with van der Waals surface area (Å²) in [6.45, 7) is 15.2. The molecule has 45 heavy (non-hydrogen) atoms. The molecule has 0 aromatic carbocycles. The largest absolute Gasteiger partial charge is 0.469 e. The molecular formula is C29H52Br2N4O6S4. The van der Waals surface area contributed by atoms with E-state index in [0.29, 0.717) is 6.42 Å². The van der Waals surface area contributed by atoms with Crippen LogP contribution in [0.3, 0.4) is 0 Å². The highest BCUT2D eigenvalue weighted by Crippen LogP contribution is 2.35. The minimum absolute atomic E-state index is 0. The number of aromatic nitrogens is 2. The van der Waals surface area contributed by atoms with Crippen LogP contribution in [0, 0.1) is 0 Å². The first-order valence-electron chi connectivity index (χ1n) is 17.8. The maximum absolute atomic E-state index is 12.6. The molecule has 0 aliphatic carbocycles. The first-order valence-corrected chi connectivity index (χ1v) is 19.5. The number of esters is 1. The van der Waals surface area contributed by atoms with Crippen molar-refractivity contribution in [2.45, 2.75) is 95.2 Å². The highest BCUT2D eigenvalue weighted by Gasteiger charge is 2.37. The molecule has 262 valence electrons. The lowest BCUT2D eigenvalue weighted by molar-refractivity contribution is -0.143. The zero-order valence-electron chi connectivity index (χ0n) is 34.8. The van der Waals surface area contributed by atoms with E-state index in [1.165, 1.54) is 24.5 Å².